The molecule has 0 radical (unpaired) electrons. The molecule has 41 heavy (non-hydrogen) atoms. The SMILES string of the molecule is CC(C)N(C(=O)c1cc(F)ccc1Oc1cncnc1N1CC2(CC(Oc3ccnc4c3CNC4)C2)C1)C(C)C.Cl. The number of pyridine rings is 1. The van der Waals surface area contributed by atoms with E-state index in [2.05, 4.69) is 25.2 Å². The summed E-state index contributed by atoms with van der Waals surface area (Å²) in [5.74, 6) is 1.54. The summed E-state index contributed by atoms with van der Waals surface area (Å²) in [5, 5.41) is 3.34. The van der Waals surface area contributed by atoms with Crippen LogP contribution >= 0.6 is 12.4 Å². The van der Waals surface area contributed by atoms with Gasteiger partial charge in [-0.2, -0.15) is 0 Å². The minimum absolute atomic E-state index is 0. The highest BCUT2D eigenvalue weighted by Crippen LogP contribution is 2.52. The van der Waals surface area contributed by atoms with Crippen LogP contribution in [0.3, 0.4) is 0 Å². The molecule has 218 valence electrons. The van der Waals surface area contributed by atoms with Gasteiger partial charge in [-0.05, 0) is 64.8 Å². The van der Waals surface area contributed by atoms with Gasteiger partial charge < -0.3 is 24.6 Å². The van der Waals surface area contributed by atoms with Crippen LogP contribution in [0.15, 0.2) is 43.0 Å². The number of hydrogen-bond donors (Lipinski definition) is 1. The van der Waals surface area contributed by atoms with Gasteiger partial charge in [-0.3, -0.25) is 9.78 Å². The number of amides is 1. The molecular weight excluding hydrogens is 547 g/mol. The summed E-state index contributed by atoms with van der Waals surface area (Å²) in [5.41, 5.74) is 2.61. The van der Waals surface area contributed by atoms with Crippen LogP contribution in [0.1, 0.15) is 62.2 Å². The molecule has 1 spiro atoms. The van der Waals surface area contributed by atoms with Crippen molar-refractivity contribution in [2.45, 2.75) is 71.8 Å². The monoisotopic (exact) mass is 582 g/mol. The summed E-state index contributed by atoms with van der Waals surface area (Å²) in [4.78, 5) is 30.4. The van der Waals surface area contributed by atoms with E-state index in [0.29, 0.717) is 11.6 Å². The molecule has 3 aliphatic rings. The molecule has 1 saturated carbocycles. The van der Waals surface area contributed by atoms with Crippen molar-refractivity contribution in [2.75, 3.05) is 18.0 Å². The first-order chi connectivity index (χ1) is 19.2. The lowest BCUT2D eigenvalue weighted by Crippen LogP contribution is -2.65. The molecule has 2 fully saturated rings. The normalized spacial score (nSPS) is 17.1. The van der Waals surface area contributed by atoms with Gasteiger partial charge in [-0.15, -0.1) is 12.4 Å². The Kier molecular flexibility index (Phi) is 8.07. The van der Waals surface area contributed by atoms with E-state index in [-0.39, 0.29) is 53.2 Å². The van der Waals surface area contributed by atoms with Crippen molar-refractivity contribution in [1.29, 1.82) is 0 Å². The van der Waals surface area contributed by atoms with E-state index in [1.807, 2.05) is 40.0 Å². The molecule has 1 amide bonds. The van der Waals surface area contributed by atoms with Crippen LogP contribution in [0.25, 0.3) is 0 Å². The standard InChI is InChI=1S/C30H35FN6O3.ClH/c1-18(2)37(19(3)4)29(38)22-9-20(31)5-6-25(22)40-27-14-33-17-35-28(27)36-15-30(16-36)10-21(11-30)39-26-7-8-34-24-13-32-12-23(24)26;/h5-9,14,17-19,21,32H,10-13,15-16H2,1-4H3;1H. The van der Waals surface area contributed by atoms with Crippen molar-refractivity contribution < 1.29 is 18.7 Å². The van der Waals surface area contributed by atoms with Crippen molar-refractivity contribution in [2.24, 2.45) is 5.41 Å². The van der Waals surface area contributed by atoms with Crippen molar-refractivity contribution in [1.82, 2.24) is 25.2 Å². The summed E-state index contributed by atoms with van der Waals surface area (Å²) in [6.07, 6.45) is 7.05. The van der Waals surface area contributed by atoms with Crippen molar-refractivity contribution in [3.8, 4) is 17.2 Å². The van der Waals surface area contributed by atoms with Gasteiger partial charge in [-0.25, -0.2) is 14.4 Å². The maximum absolute atomic E-state index is 14.3. The van der Waals surface area contributed by atoms with Gasteiger partial charge in [0.05, 0.1) is 17.5 Å². The Morgan fingerprint density at radius 1 is 1.07 bits per heavy atom. The van der Waals surface area contributed by atoms with E-state index in [1.54, 1.807) is 11.1 Å². The van der Waals surface area contributed by atoms with Gasteiger partial charge in [0.2, 0.25) is 0 Å². The van der Waals surface area contributed by atoms with E-state index >= 15 is 0 Å². The zero-order chi connectivity index (χ0) is 28.0. The number of nitrogens with one attached hydrogen (secondary N) is 1. The molecule has 2 aliphatic heterocycles. The number of halogens is 2. The fourth-order valence-corrected chi connectivity index (χ4v) is 6.31. The van der Waals surface area contributed by atoms with Gasteiger partial charge >= 0.3 is 0 Å². The van der Waals surface area contributed by atoms with Gasteiger partial charge in [0.25, 0.3) is 5.91 Å². The molecule has 1 saturated heterocycles. The van der Waals surface area contributed by atoms with E-state index in [9.17, 15) is 9.18 Å². The summed E-state index contributed by atoms with van der Waals surface area (Å²) < 4.78 is 26.9. The molecule has 9 nitrogen and oxygen atoms in total. The topological polar surface area (TPSA) is 92.7 Å². The number of anilines is 1. The number of benzene rings is 1. The van der Waals surface area contributed by atoms with Gasteiger partial charge in [-0.1, -0.05) is 0 Å². The molecule has 1 aliphatic carbocycles. The predicted molar refractivity (Wildman–Crippen MR) is 155 cm³/mol. The van der Waals surface area contributed by atoms with Crippen LogP contribution in [0.5, 0.6) is 17.2 Å². The summed E-state index contributed by atoms with van der Waals surface area (Å²) in [6.45, 7) is 11.0. The van der Waals surface area contributed by atoms with E-state index in [0.717, 1.165) is 50.5 Å². The van der Waals surface area contributed by atoms with Gasteiger partial charge in [0, 0.05) is 55.4 Å². The maximum Gasteiger partial charge on any atom is 0.258 e. The van der Waals surface area contributed by atoms with Crippen LogP contribution in [-0.2, 0) is 13.1 Å². The van der Waals surface area contributed by atoms with Crippen LogP contribution < -0.4 is 19.7 Å². The average Bonchev–Trinajstić information content (AvgIpc) is 3.36. The maximum atomic E-state index is 14.3. The summed E-state index contributed by atoms with van der Waals surface area (Å²) in [7, 11) is 0. The molecule has 0 unspecified atom stereocenters. The van der Waals surface area contributed by atoms with E-state index in [4.69, 9.17) is 9.47 Å². The molecule has 4 heterocycles. The highest BCUT2D eigenvalue weighted by Gasteiger charge is 2.54. The fraction of sp³-hybridized carbons (Fsp3) is 0.467. The van der Waals surface area contributed by atoms with Crippen LogP contribution in [0.4, 0.5) is 10.2 Å². The Morgan fingerprint density at radius 2 is 1.83 bits per heavy atom. The van der Waals surface area contributed by atoms with Crippen LogP contribution in [-0.4, -0.2) is 57.0 Å². The lowest BCUT2D eigenvalue weighted by atomic mass is 9.61. The summed E-state index contributed by atoms with van der Waals surface area (Å²) in [6, 6.07) is 5.89. The quantitative estimate of drug-likeness (QED) is 0.391. The first-order valence-corrected chi connectivity index (χ1v) is 13.9. The summed E-state index contributed by atoms with van der Waals surface area (Å²) >= 11 is 0. The van der Waals surface area contributed by atoms with Crippen LogP contribution in [0.2, 0.25) is 0 Å². The third-order valence-corrected chi connectivity index (χ3v) is 8.06. The Balaban J connectivity index is 0.00000337. The molecular formula is C30H36ClFN6O3. The Morgan fingerprint density at radius 3 is 2.56 bits per heavy atom. The second-order valence-corrected chi connectivity index (χ2v) is 11.7. The Hall–Kier alpha value is -3.50. The first kappa shape index (κ1) is 29.0. The smallest absolute Gasteiger partial charge is 0.258 e. The molecule has 0 atom stereocenters. The number of hydrogen-bond acceptors (Lipinski definition) is 8. The fourth-order valence-electron chi connectivity index (χ4n) is 6.31. The number of ether oxygens (including phenoxy) is 2. The molecule has 2 aromatic heterocycles. The largest absolute Gasteiger partial charge is 0.490 e. The Labute approximate surface area is 245 Å². The lowest BCUT2D eigenvalue weighted by molar-refractivity contribution is -0.0348. The highest BCUT2D eigenvalue weighted by molar-refractivity contribution is 5.97. The van der Waals surface area contributed by atoms with Crippen molar-refractivity contribution in [3.63, 3.8) is 0 Å². The molecule has 11 heteroatoms. The number of fused-ring (bicyclic) bond motifs is 1. The van der Waals surface area contributed by atoms with E-state index in [1.165, 1.54) is 30.1 Å². The molecule has 0 bridgehead atoms. The van der Waals surface area contributed by atoms with Crippen molar-refractivity contribution in [3.05, 3.63) is 65.6 Å². The van der Waals surface area contributed by atoms with Crippen molar-refractivity contribution >= 4 is 24.1 Å². The number of aromatic nitrogens is 3. The number of rotatable bonds is 8. The second kappa shape index (κ2) is 11.4. The third-order valence-electron chi connectivity index (χ3n) is 8.06. The highest BCUT2D eigenvalue weighted by atomic mass is 35.5. The zero-order valence-electron chi connectivity index (χ0n) is 23.8. The molecule has 1 aromatic carbocycles. The van der Waals surface area contributed by atoms with Gasteiger partial charge in [0.15, 0.2) is 11.6 Å². The van der Waals surface area contributed by atoms with Crippen LogP contribution in [0, 0.1) is 11.2 Å². The number of nitrogens with zero attached hydrogens (tertiary/aromatic N) is 5. The van der Waals surface area contributed by atoms with E-state index < -0.39 is 5.82 Å². The molecule has 3 aromatic rings. The minimum Gasteiger partial charge on any atom is -0.490 e. The Bertz CT molecular complexity index is 1420. The second-order valence-electron chi connectivity index (χ2n) is 11.7. The number of carbonyl (C=O) groups excluding carboxylic acids is 1. The molecule has 6 rings (SSSR count). The number of carbonyl (C=O) groups is 1. The zero-order valence-corrected chi connectivity index (χ0v) is 24.6. The minimum atomic E-state index is -0.493. The lowest BCUT2D eigenvalue weighted by Gasteiger charge is -2.58. The first-order valence-electron chi connectivity index (χ1n) is 13.9. The third kappa shape index (κ3) is 5.55. The predicted octanol–water partition coefficient (Wildman–Crippen LogP) is 5.13. The average molecular weight is 583 g/mol. The van der Waals surface area contributed by atoms with Gasteiger partial charge in [0.1, 0.15) is 29.7 Å². The molecule has 1 N–H and O–H groups in total.